The van der Waals surface area contributed by atoms with Gasteiger partial charge in [-0.15, -0.1) is 0 Å². The van der Waals surface area contributed by atoms with Gasteiger partial charge in [0, 0.05) is 24.8 Å². The summed E-state index contributed by atoms with van der Waals surface area (Å²) in [6.45, 7) is 2.32. The van der Waals surface area contributed by atoms with Gasteiger partial charge < -0.3 is 9.85 Å². The van der Waals surface area contributed by atoms with Gasteiger partial charge in [0.1, 0.15) is 0 Å². The standard InChI is InChI=1S/C22H28N2OS/c1-26-23-19-11-13-24(25,14-12-19)16-18-15-22(18)21-10-6-5-9-20(21)17-7-3-2-4-8-17/h2-10,18-19,22-23H,11-16H2,1H3. The SMILES string of the molecule is CSNC1CC[N+]([O-])(CC2CC2c2ccccc2-c2ccccc2)CC1. The zero-order chi connectivity index (χ0) is 18.0. The molecule has 2 aliphatic rings. The van der Waals surface area contributed by atoms with Crippen LogP contribution in [0.5, 0.6) is 0 Å². The largest absolute Gasteiger partial charge is 0.633 e. The van der Waals surface area contributed by atoms with Crippen molar-refractivity contribution in [3.63, 3.8) is 0 Å². The average molecular weight is 369 g/mol. The minimum atomic E-state index is 0.0151. The molecule has 2 aromatic carbocycles. The number of hydrogen-bond acceptors (Lipinski definition) is 3. The van der Waals surface area contributed by atoms with E-state index in [1.54, 1.807) is 11.9 Å². The summed E-state index contributed by atoms with van der Waals surface area (Å²) in [4.78, 5) is 0. The second-order valence-corrected chi connectivity index (χ2v) is 8.48. The minimum absolute atomic E-state index is 0.0151. The highest BCUT2D eigenvalue weighted by Crippen LogP contribution is 2.51. The van der Waals surface area contributed by atoms with E-state index in [0.717, 1.165) is 32.5 Å². The van der Waals surface area contributed by atoms with E-state index >= 15 is 0 Å². The predicted octanol–water partition coefficient (Wildman–Crippen LogP) is 4.80. The van der Waals surface area contributed by atoms with Crippen LogP contribution in [0.4, 0.5) is 0 Å². The van der Waals surface area contributed by atoms with Gasteiger partial charge in [-0.3, -0.25) is 4.72 Å². The van der Waals surface area contributed by atoms with Crippen LogP contribution in [0.1, 0.15) is 30.7 Å². The van der Waals surface area contributed by atoms with Gasteiger partial charge in [-0.2, -0.15) is 0 Å². The van der Waals surface area contributed by atoms with Crippen molar-refractivity contribution in [3.05, 3.63) is 65.4 Å². The van der Waals surface area contributed by atoms with Crippen LogP contribution in [-0.4, -0.2) is 36.6 Å². The molecule has 1 saturated carbocycles. The highest BCUT2D eigenvalue weighted by molar-refractivity contribution is 7.96. The van der Waals surface area contributed by atoms with Gasteiger partial charge in [0.15, 0.2) is 0 Å². The summed E-state index contributed by atoms with van der Waals surface area (Å²) < 4.78 is 3.43. The molecular formula is C22H28N2OS. The van der Waals surface area contributed by atoms with Crippen LogP contribution in [0.25, 0.3) is 11.1 Å². The highest BCUT2D eigenvalue weighted by Gasteiger charge is 2.44. The van der Waals surface area contributed by atoms with Crippen molar-refractivity contribution in [2.45, 2.75) is 31.2 Å². The van der Waals surface area contributed by atoms with Crippen molar-refractivity contribution in [2.75, 3.05) is 25.9 Å². The Labute approximate surface area is 161 Å². The summed E-state index contributed by atoms with van der Waals surface area (Å²) in [7, 11) is 0. The molecule has 3 nitrogen and oxygen atoms in total. The molecule has 1 N–H and O–H groups in total. The van der Waals surface area contributed by atoms with Gasteiger partial charge in [-0.25, -0.2) is 0 Å². The van der Waals surface area contributed by atoms with Crippen LogP contribution < -0.4 is 4.72 Å². The lowest BCUT2D eigenvalue weighted by Crippen LogP contribution is -2.52. The Morgan fingerprint density at radius 1 is 1.04 bits per heavy atom. The zero-order valence-corrected chi connectivity index (χ0v) is 16.3. The van der Waals surface area contributed by atoms with Gasteiger partial charge in [-0.1, -0.05) is 66.5 Å². The van der Waals surface area contributed by atoms with Crippen molar-refractivity contribution < 1.29 is 4.65 Å². The van der Waals surface area contributed by atoms with Crippen LogP contribution in [0, 0.1) is 11.1 Å². The maximum atomic E-state index is 13.2. The summed E-state index contributed by atoms with van der Waals surface area (Å²) in [5.74, 6) is 1.10. The number of quaternary nitrogens is 1. The van der Waals surface area contributed by atoms with Crippen molar-refractivity contribution in [2.24, 2.45) is 5.92 Å². The summed E-state index contributed by atoms with van der Waals surface area (Å²) in [5, 5.41) is 13.2. The Hall–Kier alpha value is -1.33. The average Bonchev–Trinajstić information content (AvgIpc) is 3.43. The number of piperidine rings is 1. The second kappa shape index (κ2) is 7.73. The van der Waals surface area contributed by atoms with Gasteiger partial charge in [-0.05, 0) is 35.3 Å². The maximum Gasteiger partial charge on any atom is 0.0818 e. The molecule has 2 fully saturated rings. The van der Waals surface area contributed by atoms with Gasteiger partial charge >= 0.3 is 0 Å². The van der Waals surface area contributed by atoms with E-state index in [1.165, 1.54) is 23.1 Å². The zero-order valence-electron chi connectivity index (χ0n) is 15.4. The first-order chi connectivity index (χ1) is 12.7. The predicted molar refractivity (Wildman–Crippen MR) is 111 cm³/mol. The lowest BCUT2D eigenvalue weighted by Gasteiger charge is -2.47. The van der Waals surface area contributed by atoms with Crippen molar-refractivity contribution in [3.8, 4) is 11.1 Å². The number of nitrogens with zero attached hydrogens (tertiary/aromatic N) is 1. The van der Waals surface area contributed by atoms with E-state index in [-0.39, 0.29) is 4.65 Å². The summed E-state index contributed by atoms with van der Waals surface area (Å²) >= 11 is 1.67. The van der Waals surface area contributed by atoms with Crippen LogP contribution in [0.3, 0.4) is 0 Å². The molecule has 0 amide bonds. The molecule has 4 heteroatoms. The van der Waals surface area contributed by atoms with E-state index in [9.17, 15) is 5.21 Å². The Balaban J connectivity index is 1.42. The number of likely N-dealkylation sites (tertiary alicyclic amines) is 1. The number of benzene rings is 2. The van der Waals surface area contributed by atoms with Gasteiger partial charge in [0.25, 0.3) is 0 Å². The first kappa shape index (κ1) is 18.1. The van der Waals surface area contributed by atoms with E-state index in [0.29, 0.717) is 17.9 Å². The van der Waals surface area contributed by atoms with Crippen molar-refractivity contribution in [1.29, 1.82) is 0 Å². The Morgan fingerprint density at radius 3 is 2.46 bits per heavy atom. The molecule has 1 aliphatic carbocycles. The van der Waals surface area contributed by atoms with Crippen LogP contribution >= 0.6 is 11.9 Å². The molecule has 1 saturated heterocycles. The van der Waals surface area contributed by atoms with Crippen LogP contribution in [0.2, 0.25) is 0 Å². The van der Waals surface area contributed by atoms with Crippen molar-refractivity contribution in [1.82, 2.24) is 4.72 Å². The number of nitrogens with one attached hydrogen (secondary N) is 1. The maximum absolute atomic E-state index is 13.2. The molecule has 138 valence electrons. The summed E-state index contributed by atoms with van der Waals surface area (Å²) in [5.41, 5.74) is 4.04. The van der Waals surface area contributed by atoms with E-state index < -0.39 is 0 Å². The summed E-state index contributed by atoms with van der Waals surface area (Å²) in [6.07, 6.45) is 5.23. The Bertz CT molecular complexity index is 728. The van der Waals surface area contributed by atoms with E-state index in [4.69, 9.17) is 0 Å². The monoisotopic (exact) mass is 368 g/mol. The molecular weight excluding hydrogens is 340 g/mol. The normalized spacial score (nSPS) is 30.9. The van der Waals surface area contributed by atoms with Gasteiger partial charge in [0.05, 0.1) is 19.6 Å². The quantitative estimate of drug-likeness (QED) is 0.452. The Kier molecular flexibility index (Phi) is 5.37. The highest BCUT2D eigenvalue weighted by atomic mass is 32.2. The second-order valence-electron chi connectivity index (χ2n) is 7.84. The van der Waals surface area contributed by atoms with Crippen molar-refractivity contribution >= 4 is 11.9 Å². The number of rotatable bonds is 6. The fourth-order valence-electron chi connectivity index (χ4n) is 4.46. The molecule has 2 atom stereocenters. The van der Waals surface area contributed by atoms with Crippen LogP contribution in [-0.2, 0) is 0 Å². The van der Waals surface area contributed by atoms with E-state index in [2.05, 4.69) is 65.6 Å². The lowest BCUT2D eigenvalue weighted by molar-refractivity contribution is -0.887. The molecule has 0 aromatic heterocycles. The smallest absolute Gasteiger partial charge is 0.0818 e. The number of hydroxylamine groups is 3. The van der Waals surface area contributed by atoms with Crippen LogP contribution in [0.15, 0.2) is 54.6 Å². The molecule has 26 heavy (non-hydrogen) atoms. The topological polar surface area (TPSA) is 35.1 Å². The lowest BCUT2D eigenvalue weighted by atomic mass is 9.96. The summed E-state index contributed by atoms with van der Waals surface area (Å²) in [6, 6.07) is 19.9. The molecule has 0 radical (unpaired) electrons. The number of hydrogen-bond donors (Lipinski definition) is 1. The van der Waals surface area contributed by atoms with Gasteiger partial charge in [0.2, 0.25) is 0 Å². The van der Waals surface area contributed by atoms with E-state index in [1.807, 2.05) is 0 Å². The first-order valence-corrected chi connectivity index (χ1v) is 10.9. The molecule has 2 aromatic rings. The molecule has 0 spiro atoms. The molecule has 1 aliphatic heterocycles. The third-order valence-electron chi connectivity index (χ3n) is 5.99. The molecule has 1 heterocycles. The molecule has 2 unspecified atom stereocenters. The molecule has 0 bridgehead atoms. The first-order valence-electron chi connectivity index (χ1n) is 9.68. The minimum Gasteiger partial charge on any atom is -0.633 e. The fourth-order valence-corrected chi connectivity index (χ4v) is 5.03. The molecule has 4 rings (SSSR count). The Morgan fingerprint density at radius 2 is 1.73 bits per heavy atom. The third-order valence-corrected chi connectivity index (χ3v) is 6.56. The third kappa shape index (κ3) is 3.99. The fraction of sp³-hybridized carbons (Fsp3) is 0.455.